The lowest BCUT2D eigenvalue weighted by Gasteiger charge is -2.28. The summed E-state index contributed by atoms with van der Waals surface area (Å²) in [5.74, 6) is 0.00791. The molecule has 0 fully saturated rings. The van der Waals surface area contributed by atoms with Gasteiger partial charge in [-0.1, -0.05) is 24.3 Å². The molecule has 7 nitrogen and oxygen atoms in total. The molecule has 3 aromatic heterocycles. The van der Waals surface area contributed by atoms with Crippen LogP contribution < -0.4 is 0 Å². The molecule has 1 aliphatic rings. The van der Waals surface area contributed by atoms with Gasteiger partial charge in [-0.2, -0.15) is 10.2 Å². The summed E-state index contributed by atoms with van der Waals surface area (Å²) >= 11 is 3.34. The molecule has 0 radical (unpaired) electrons. The molecule has 4 aromatic rings. The smallest absolute Gasteiger partial charge is 0.257 e. The second-order valence-corrected chi connectivity index (χ2v) is 9.95. The zero-order valence-corrected chi connectivity index (χ0v) is 20.0. The minimum Gasteiger partial charge on any atom is -0.291 e. The fourth-order valence-electron chi connectivity index (χ4n) is 3.96. The highest BCUT2D eigenvalue weighted by molar-refractivity contribution is 7.12. The first-order valence-corrected chi connectivity index (χ1v) is 12.5. The summed E-state index contributed by atoms with van der Waals surface area (Å²) in [7, 11) is 1.98. The first-order chi connectivity index (χ1) is 16.1. The molecule has 0 N–H and O–H groups in total. The van der Waals surface area contributed by atoms with E-state index in [0.717, 1.165) is 33.1 Å². The molecule has 2 atom stereocenters. The molecule has 1 amide bonds. The van der Waals surface area contributed by atoms with Crippen molar-refractivity contribution in [3.63, 3.8) is 0 Å². The summed E-state index contributed by atoms with van der Waals surface area (Å²) in [5, 5.41) is 14.7. The van der Waals surface area contributed by atoms with Crippen LogP contribution in [0.2, 0.25) is 0 Å². The number of hydrogen-bond acceptors (Lipinski definition) is 7. The van der Waals surface area contributed by atoms with Gasteiger partial charge in [0, 0.05) is 17.3 Å². The van der Waals surface area contributed by atoms with E-state index in [2.05, 4.69) is 51.6 Å². The lowest BCUT2D eigenvalue weighted by atomic mass is 10.1. The Hall–Kier alpha value is -3.14. The van der Waals surface area contributed by atoms with Crippen LogP contribution in [-0.4, -0.2) is 49.9 Å². The average molecular weight is 477 g/mol. The molecule has 1 aliphatic heterocycles. The van der Waals surface area contributed by atoms with E-state index in [-0.39, 0.29) is 24.5 Å². The maximum atomic E-state index is 13.4. The average Bonchev–Trinajstić information content (AvgIpc) is 3.65. The monoisotopic (exact) mass is 476 g/mol. The summed E-state index contributed by atoms with van der Waals surface area (Å²) in [5.41, 5.74) is 3.07. The van der Waals surface area contributed by atoms with E-state index in [9.17, 15) is 4.79 Å². The largest absolute Gasteiger partial charge is 0.291 e. The van der Waals surface area contributed by atoms with Crippen molar-refractivity contribution in [2.75, 3.05) is 13.6 Å². The Bertz CT molecular complexity index is 1220. The molecule has 9 heteroatoms. The molecular weight excluding hydrogens is 452 g/mol. The van der Waals surface area contributed by atoms with Crippen molar-refractivity contribution >= 4 is 34.3 Å². The van der Waals surface area contributed by atoms with Crippen LogP contribution >= 0.6 is 22.7 Å². The maximum absolute atomic E-state index is 13.4. The molecule has 4 heterocycles. The van der Waals surface area contributed by atoms with Crippen molar-refractivity contribution in [1.29, 1.82) is 0 Å². The molecule has 2 unspecified atom stereocenters. The number of carbonyl (C=O) groups excluding carboxylic acids is 1. The van der Waals surface area contributed by atoms with Crippen LogP contribution in [0.5, 0.6) is 0 Å². The van der Waals surface area contributed by atoms with Gasteiger partial charge in [-0.3, -0.25) is 9.69 Å². The van der Waals surface area contributed by atoms with E-state index in [1.54, 1.807) is 38.7 Å². The molecule has 0 aliphatic carbocycles. The Morgan fingerprint density at radius 1 is 1.15 bits per heavy atom. The van der Waals surface area contributed by atoms with E-state index >= 15 is 0 Å². The first-order valence-electron chi connectivity index (χ1n) is 10.7. The summed E-state index contributed by atoms with van der Waals surface area (Å²) in [4.78, 5) is 21.7. The fourth-order valence-corrected chi connectivity index (χ4v) is 5.49. The van der Waals surface area contributed by atoms with Crippen LogP contribution in [-0.2, 0) is 4.79 Å². The van der Waals surface area contributed by atoms with Crippen molar-refractivity contribution in [2.45, 2.75) is 25.4 Å². The standard InChI is InChI=1S/C24H24N6OS2/c1-17(18-7-9-19(10-8-18)29-16-25-15-26-29)28(2)14-24(31)30-21(23-6-4-12-33-23)13-20(27-30)22-5-3-11-32-22/h3-12,15-17,21H,13-14H2,1-2H3. The molecule has 168 valence electrons. The predicted molar refractivity (Wildman–Crippen MR) is 132 cm³/mol. The molecule has 0 spiro atoms. The van der Waals surface area contributed by atoms with E-state index in [4.69, 9.17) is 5.10 Å². The third-order valence-electron chi connectivity index (χ3n) is 5.95. The van der Waals surface area contributed by atoms with E-state index in [1.807, 2.05) is 36.7 Å². The van der Waals surface area contributed by atoms with Crippen LogP contribution in [0, 0.1) is 0 Å². The number of nitrogens with zero attached hydrogens (tertiary/aromatic N) is 6. The van der Waals surface area contributed by atoms with Gasteiger partial charge in [0.15, 0.2) is 0 Å². The second kappa shape index (κ2) is 9.38. The number of rotatable bonds is 7. The van der Waals surface area contributed by atoms with Gasteiger partial charge in [-0.15, -0.1) is 22.7 Å². The van der Waals surface area contributed by atoms with Crippen LogP contribution in [0.15, 0.2) is 77.0 Å². The van der Waals surface area contributed by atoms with Gasteiger partial charge in [0.25, 0.3) is 5.91 Å². The number of thiophene rings is 2. The zero-order valence-electron chi connectivity index (χ0n) is 18.4. The lowest BCUT2D eigenvalue weighted by molar-refractivity contribution is -0.134. The quantitative estimate of drug-likeness (QED) is 0.386. The van der Waals surface area contributed by atoms with Crippen LogP contribution in [0.25, 0.3) is 5.69 Å². The number of aromatic nitrogens is 3. The van der Waals surface area contributed by atoms with Crippen molar-refractivity contribution in [2.24, 2.45) is 5.10 Å². The van der Waals surface area contributed by atoms with Gasteiger partial charge in [0.05, 0.1) is 28.9 Å². The summed E-state index contributed by atoms with van der Waals surface area (Å²) in [6.45, 7) is 2.40. The maximum Gasteiger partial charge on any atom is 0.257 e. The normalized spacial score (nSPS) is 16.9. The highest BCUT2D eigenvalue weighted by atomic mass is 32.1. The Morgan fingerprint density at radius 3 is 2.61 bits per heavy atom. The number of benzene rings is 1. The van der Waals surface area contributed by atoms with Crippen molar-refractivity contribution in [3.05, 3.63) is 87.3 Å². The van der Waals surface area contributed by atoms with E-state index in [0.29, 0.717) is 0 Å². The highest BCUT2D eigenvalue weighted by Gasteiger charge is 2.34. The number of hydrogen-bond donors (Lipinski definition) is 0. The van der Waals surface area contributed by atoms with Gasteiger partial charge >= 0.3 is 0 Å². The molecular formula is C24H24N6OS2. The summed E-state index contributed by atoms with van der Waals surface area (Å²) in [6, 6.07) is 16.4. The molecule has 0 bridgehead atoms. The van der Waals surface area contributed by atoms with Crippen molar-refractivity contribution < 1.29 is 4.79 Å². The summed E-state index contributed by atoms with van der Waals surface area (Å²) < 4.78 is 1.73. The Kier molecular flexibility index (Phi) is 6.17. The summed E-state index contributed by atoms with van der Waals surface area (Å²) in [6.07, 6.45) is 3.94. The number of likely N-dealkylation sites (N-methyl/N-ethyl adjacent to an activating group) is 1. The Labute approximate surface area is 200 Å². The molecule has 5 rings (SSSR count). The van der Waals surface area contributed by atoms with Crippen molar-refractivity contribution in [3.8, 4) is 5.69 Å². The molecule has 1 aromatic carbocycles. The van der Waals surface area contributed by atoms with E-state index < -0.39 is 0 Å². The van der Waals surface area contributed by atoms with Crippen molar-refractivity contribution in [1.82, 2.24) is 24.7 Å². The third kappa shape index (κ3) is 4.52. The van der Waals surface area contributed by atoms with Gasteiger partial charge in [0.2, 0.25) is 0 Å². The third-order valence-corrected chi connectivity index (χ3v) is 7.84. The minimum atomic E-state index is -0.0414. The number of carbonyl (C=O) groups is 1. The van der Waals surface area contributed by atoms with Gasteiger partial charge in [0.1, 0.15) is 12.7 Å². The van der Waals surface area contributed by atoms with Gasteiger partial charge in [-0.05, 0) is 54.6 Å². The fraction of sp³-hybridized carbons (Fsp3) is 0.250. The van der Waals surface area contributed by atoms with Gasteiger partial charge in [-0.25, -0.2) is 14.7 Å². The predicted octanol–water partition coefficient (Wildman–Crippen LogP) is 4.76. The van der Waals surface area contributed by atoms with Crippen LogP contribution in [0.3, 0.4) is 0 Å². The minimum absolute atomic E-state index is 0.00791. The second-order valence-electron chi connectivity index (χ2n) is 8.02. The Morgan fingerprint density at radius 2 is 1.94 bits per heavy atom. The topological polar surface area (TPSA) is 66.6 Å². The van der Waals surface area contributed by atoms with E-state index in [1.165, 1.54) is 6.33 Å². The Balaban J connectivity index is 1.30. The van der Waals surface area contributed by atoms with Crippen LogP contribution in [0.4, 0.5) is 0 Å². The SMILES string of the molecule is CC(c1ccc(-n2cncn2)cc1)N(C)CC(=O)N1N=C(c2cccs2)CC1c1cccs1. The first kappa shape index (κ1) is 21.7. The number of hydrazone groups is 1. The number of amides is 1. The lowest BCUT2D eigenvalue weighted by Crippen LogP contribution is -2.37. The zero-order chi connectivity index (χ0) is 22.8. The van der Waals surface area contributed by atoms with Gasteiger partial charge < -0.3 is 0 Å². The highest BCUT2D eigenvalue weighted by Crippen LogP contribution is 2.36. The molecule has 0 saturated heterocycles. The van der Waals surface area contributed by atoms with Crippen LogP contribution in [0.1, 0.15) is 40.7 Å². The molecule has 33 heavy (non-hydrogen) atoms. The molecule has 0 saturated carbocycles.